The maximum atomic E-state index is 8.99. The van der Waals surface area contributed by atoms with Crippen molar-refractivity contribution in [2.24, 2.45) is 5.73 Å². The van der Waals surface area contributed by atoms with Gasteiger partial charge in [-0.2, -0.15) is 5.26 Å². The highest BCUT2D eigenvalue weighted by Gasteiger charge is 2.12. The number of aromatic nitrogens is 1. The Kier molecular flexibility index (Phi) is 2.42. The van der Waals surface area contributed by atoms with E-state index >= 15 is 0 Å². The van der Waals surface area contributed by atoms with Crippen molar-refractivity contribution < 1.29 is 5.11 Å². The Bertz CT molecular complexity index is 524. The highest BCUT2D eigenvalue weighted by molar-refractivity contribution is 5.88. The number of aromatic amines is 1. The second-order valence-corrected chi connectivity index (χ2v) is 3.37. The first-order chi connectivity index (χ1) is 7.27. The van der Waals surface area contributed by atoms with Gasteiger partial charge in [0.05, 0.1) is 23.7 Å². The molecule has 0 aliphatic rings. The maximum Gasteiger partial charge on any atom is 0.101 e. The first-order valence-electron chi connectivity index (χ1n) is 4.64. The van der Waals surface area contributed by atoms with E-state index in [1.807, 2.05) is 12.1 Å². The Morgan fingerprint density at radius 1 is 1.53 bits per heavy atom. The van der Waals surface area contributed by atoms with Crippen LogP contribution in [-0.2, 0) is 0 Å². The molecule has 4 N–H and O–H groups in total. The number of nitrogens with two attached hydrogens (primary N) is 1. The van der Waals surface area contributed by atoms with E-state index in [4.69, 9.17) is 16.1 Å². The fraction of sp³-hybridized carbons (Fsp3) is 0.182. The number of nitrogens with zero attached hydrogens (tertiary/aromatic N) is 1. The molecular weight excluding hydrogens is 190 g/mol. The zero-order valence-corrected chi connectivity index (χ0v) is 8.07. The number of para-hydroxylation sites is 1. The summed E-state index contributed by atoms with van der Waals surface area (Å²) >= 11 is 0. The molecule has 4 heteroatoms. The van der Waals surface area contributed by atoms with Gasteiger partial charge in [0.1, 0.15) is 6.07 Å². The van der Waals surface area contributed by atoms with Gasteiger partial charge in [-0.15, -0.1) is 0 Å². The SMILES string of the molecule is N#Cc1cccc2c(C(N)CO)c[nH]c12. The van der Waals surface area contributed by atoms with Gasteiger partial charge in [-0.05, 0) is 11.6 Å². The van der Waals surface area contributed by atoms with Crippen molar-refractivity contribution >= 4 is 10.9 Å². The Hall–Kier alpha value is -1.83. The first-order valence-corrected chi connectivity index (χ1v) is 4.64. The molecule has 0 aliphatic carbocycles. The molecule has 2 rings (SSSR count). The van der Waals surface area contributed by atoms with Gasteiger partial charge in [0, 0.05) is 11.6 Å². The number of aliphatic hydroxyl groups is 1. The minimum absolute atomic E-state index is 0.107. The summed E-state index contributed by atoms with van der Waals surface area (Å²) < 4.78 is 0. The quantitative estimate of drug-likeness (QED) is 0.678. The third kappa shape index (κ3) is 1.48. The Balaban J connectivity index is 2.67. The number of hydrogen-bond donors (Lipinski definition) is 3. The lowest BCUT2D eigenvalue weighted by atomic mass is 10.1. The summed E-state index contributed by atoms with van der Waals surface area (Å²) in [5, 5.41) is 18.8. The lowest BCUT2D eigenvalue weighted by Gasteiger charge is -2.05. The van der Waals surface area contributed by atoms with Crippen LogP contribution in [0.15, 0.2) is 24.4 Å². The molecule has 0 spiro atoms. The van der Waals surface area contributed by atoms with Crippen molar-refractivity contribution in [1.82, 2.24) is 4.98 Å². The predicted molar refractivity (Wildman–Crippen MR) is 57.0 cm³/mol. The maximum absolute atomic E-state index is 8.99. The largest absolute Gasteiger partial charge is 0.394 e. The van der Waals surface area contributed by atoms with E-state index in [0.29, 0.717) is 5.56 Å². The molecule has 1 aromatic heterocycles. The molecular formula is C11H11N3O. The second-order valence-electron chi connectivity index (χ2n) is 3.37. The monoisotopic (exact) mass is 201 g/mol. The Morgan fingerprint density at radius 3 is 3.00 bits per heavy atom. The van der Waals surface area contributed by atoms with Crippen LogP contribution >= 0.6 is 0 Å². The number of nitriles is 1. The summed E-state index contributed by atoms with van der Waals surface area (Å²) in [6.45, 7) is -0.107. The predicted octanol–water partition coefficient (Wildman–Crippen LogP) is 1.03. The lowest BCUT2D eigenvalue weighted by molar-refractivity contribution is 0.268. The molecule has 0 aliphatic heterocycles. The molecule has 1 aromatic carbocycles. The summed E-state index contributed by atoms with van der Waals surface area (Å²) in [7, 11) is 0. The summed E-state index contributed by atoms with van der Waals surface area (Å²) in [6, 6.07) is 7.13. The van der Waals surface area contributed by atoms with Gasteiger partial charge >= 0.3 is 0 Å². The minimum Gasteiger partial charge on any atom is -0.394 e. The summed E-state index contributed by atoms with van der Waals surface area (Å²) in [6.07, 6.45) is 1.74. The average molecular weight is 201 g/mol. The van der Waals surface area contributed by atoms with Crippen LogP contribution in [0.25, 0.3) is 10.9 Å². The molecule has 0 amide bonds. The molecule has 1 atom stereocenters. The zero-order valence-electron chi connectivity index (χ0n) is 8.07. The summed E-state index contributed by atoms with van der Waals surface area (Å²) in [5.41, 5.74) is 7.94. The molecule has 76 valence electrons. The lowest BCUT2D eigenvalue weighted by Crippen LogP contribution is -2.13. The normalized spacial score (nSPS) is 12.6. The number of aliphatic hydroxyl groups excluding tert-OH is 1. The molecule has 0 saturated heterocycles. The molecule has 0 fully saturated rings. The Labute approximate surface area is 86.9 Å². The van der Waals surface area contributed by atoms with Gasteiger partial charge in [-0.3, -0.25) is 0 Å². The molecule has 0 radical (unpaired) electrons. The standard InChI is InChI=1S/C11H11N3O/c12-4-7-2-1-3-8-9(10(13)6-15)5-14-11(7)8/h1-3,5,10,14-15H,6,13H2. The third-order valence-corrected chi connectivity index (χ3v) is 2.46. The molecule has 15 heavy (non-hydrogen) atoms. The molecule has 2 aromatic rings. The van der Waals surface area contributed by atoms with E-state index in [0.717, 1.165) is 16.5 Å². The van der Waals surface area contributed by atoms with Crippen molar-refractivity contribution in [2.45, 2.75) is 6.04 Å². The van der Waals surface area contributed by atoms with Crippen LogP contribution in [0.2, 0.25) is 0 Å². The minimum atomic E-state index is -0.410. The average Bonchev–Trinajstić information content (AvgIpc) is 2.71. The van der Waals surface area contributed by atoms with E-state index in [1.165, 1.54) is 0 Å². The van der Waals surface area contributed by atoms with Crippen molar-refractivity contribution in [1.29, 1.82) is 5.26 Å². The number of hydrogen-bond acceptors (Lipinski definition) is 3. The number of nitrogens with one attached hydrogen (secondary N) is 1. The van der Waals surface area contributed by atoms with Crippen molar-refractivity contribution in [3.63, 3.8) is 0 Å². The third-order valence-electron chi connectivity index (χ3n) is 2.46. The van der Waals surface area contributed by atoms with Crippen LogP contribution < -0.4 is 5.73 Å². The number of rotatable bonds is 2. The van der Waals surface area contributed by atoms with Gasteiger partial charge in [0.25, 0.3) is 0 Å². The number of H-pyrrole nitrogens is 1. The highest BCUT2D eigenvalue weighted by atomic mass is 16.3. The van der Waals surface area contributed by atoms with E-state index in [2.05, 4.69) is 11.1 Å². The van der Waals surface area contributed by atoms with Crippen LogP contribution in [0, 0.1) is 11.3 Å². The van der Waals surface area contributed by atoms with Gasteiger partial charge in [0.15, 0.2) is 0 Å². The zero-order chi connectivity index (χ0) is 10.8. The first kappa shape index (κ1) is 9.71. The van der Waals surface area contributed by atoms with E-state index in [9.17, 15) is 0 Å². The van der Waals surface area contributed by atoms with Crippen molar-refractivity contribution in [3.05, 3.63) is 35.5 Å². The summed E-state index contributed by atoms with van der Waals surface area (Å²) in [4.78, 5) is 3.01. The van der Waals surface area contributed by atoms with E-state index in [-0.39, 0.29) is 6.61 Å². The fourth-order valence-electron chi connectivity index (χ4n) is 1.67. The van der Waals surface area contributed by atoms with E-state index in [1.54, 1.807) is 12.3 Å². The summed E-state index contributed by atoms with van der Waals surface area (Å²) in [5.74, 6) is 0. The molecule has 1 unspecified atom stereocenters. The molecule has 1 heterocycles. The topological polar surface area (TPSA) is 85.8 Å². The van der Waals surface area contributed by atoms with Crippen molar-refractivity contribution in [2.75, 3.05) is 6.61 Å². The second kappa shape index (κ2) is 3.73. The number of fused-ring (bicyclic) bond motifs is 1. The fourth-order valence-corrected chi connectivity index (χ4v) is 1.67. The van der Waals surface area contributed by atoms with Gasteiger partial charge < -0.3 is 15.8 Å². The molecule has 0 saturated carbocycles. The van der Waals surface area contributed by atoms with Crippen molar-refractivity contribution in [3.8, 4) is 6.07 Å². The van der Waals surface area contributed by atoms with E-state index < -0.39 is 6.04 Å². The van der Waals surface area contributed by atoms with Crippen LogP contribution in [0.3, 0.4) is 0 Å². The van der Waals surface area contributed by atoms with Crippen LogP contribution in [0.1, 0.15) is 17.2 Å². The van der Waals surface area contributed by atoms with Crippen LogP contribution in [0.5, 0.6) is 0 Å². The Morgan fingerprint density at radius 2 is 2.33 bits per heavy atom. The van der Waals surface area contributed by atoms with Crippen LogP contribution in [-0.4, -0.2) is 16.7 Å². The highest BCUT2D eigenvalue weighted by Crippen LogP contribution is 2.24. The number of benzene rings is 1. The van der Waals surface area contributed by atoms with Gasteiger partial charge in [0.2, 0.25) is 0 Å². The van der Waals surface area contributed by atoms with Crippen LogP contribution in [0.4, 0.5) is 0 Å². The molecule has 4 nitrogen and oxygen atoms in total. The molecule has 0 bridgehead atoms. The van der Waals surface area contributed by atoms with Gasteiger partial charge in [-0.1, -0.05) is 12.1 Å². The van der Waals surface area contributed by atoms with Gasteiger partial charge in [-0.25, -0.2) is 0 Å². The smallest absolute Gasteiger partial charge is 0.101 e.